The first-order chi connectivity index (χ1) is 9.45. The maximum atomic E-state index is 11.7. The summed E-state index contributed by atoms with van der Waals surface area (Å²) in [7, 11) is 0. The third-order valence-electron chi connectivity index (χ3n) is 4.67. The van der Waals surface area contributed by atoms with Gasteiger partial charge in [-0.2, -0.15) is 0 Å². The van der Waals surface area contributed by atoms with Crippen molar-refractivity contribution < 1.29 is 19.4 Å². The topological polar surface area (TPSA) is 63.6 Å². The van der Waals surface area contributed by atoms with Gasteiger partial charge in [0.15, 0.2) is 0 Å². The zero-order valence-electron chi connectivity index (χ0n) is 12.1. The van der Waals surface area contributed by atoms with Crippen molar-refractivity contribution in [1.29, 1.82) is 0 Å². The highest BCUT2D eigenvalue weighted by Gasteiger charge is 2.37. The van der Waals surface area contributed by atoms with Gasteiger partial charge in [0.05, 0.1) is 6.42 Å². The summed E-state index contributed by atoms with van der Waals surface area (Å²) in [5, 5.41) is 9.06. The van der Waals surface area contributed by atoms with Crippen LogP contribution in [0.25, 0.3) is 0 Å². The van der Waals surface area contributed by atoms with Crippen LogP contribution in [0.4, 0.5) is 0 Å². The molecule has 0 heterocycles. The third kappa shape index (κ3) is 3.84. The highest BCUT2D eigenvalue weighted by atomic mass is 16.5. The highest BCUT2D eigenvalue weighted by Crippen LogP contribution is 2.44. The number of rotatable bonds is 5. The molecule has 0 saturated heterocycles. The molecule has 3 unspecified atom stereocenters. The zero-order valence-corrected chi connectivity index (χ0v) is 12.1. The standard InChI is InChI=1S/C16H24O4/c1-10(2)16(19)20-14(9-15(17)18)13-7-11-4-3-5-12(6-11)8-13/h11-14H,1,3-9H2,2H3,(H,17,18). The predicted octanol–water partition coefficient (Wildman–Crippen LogP) is 3.17. The summed E-state index contributed by atoms with van der Waals surface area (Å²) in [6.07, 6.45) is 6.43. The molecule has 20 heavy (non-hydrogen) atoms. The lowest BCUT2D eigenvalue weighted by Gasteiger charge is -2.41. The van der Waals surface area contributed by atoms with Gasteiger partial charge in [-0.05, 0) is 43.9 Å². The molecule has 2 fully saturated rings. The van der Waals surface area contributed by atoms with E-state index >= 15 is 0 Å². The lowest BCUT2D eigenvalue weighted by atomic mass is 9.66. The van der Waals surface area contributed by atoms with Crippen LogP contribution in [0.15, 0.2) is 12.2 Å². The van der Waals surface area contributed by atoms with Gasteiger partial charge in [0, 0.05) is 5.57 Å². The number of esters is 1. The van der Waals surface area contributed by atoms with Crippen LogP contribution < -0.4 is 0 Å². The Morgan fingerprint density at radius 3 is 2.35 bits per heavy atom. The Balaban J connectivity index is 2.03. The lowest BCUT2D eigenvalue weighted by molar-refractivity contribution is -0.154. The van der Waals surface area contributed by atoms with Gasteiger partial charge in [0.25, 0.3) is 0 Å². The average molecular weight is 280 g/mol. The number of fused-ring (bicyclic) bond motifs is 2. The Kier molecular flexibility index (Phi) is 4.84. The third-order valence-corrected chi connectivity index (χ3v) is 4.67. The van der Waals surface area contributed by atoms with Gasteiger partial charge in [-0.3, -0.25) is 4.79 Å². The molecule has 2 saturated carbocycles. The first-order valence-electron chi connectivity index (χ1n) is 7.54. The van der Waals surface area contributed by atoms with Crippen molar-refractivity contribution in [1.82, 2.24) is 0 Å². The smallest absolute Gasteiger partial charge is 0.333 e. The van der Waals surface area contributed by atoms with Crippen molar-refractivity contribution in [3.8, 4) is 0 Å². The second kappa shape index (κ2) is 6.42. The van der Waals surface area contributed by atoms with Crippen molar-refractivity contribution in [2.45, 2.75) is 58.0 Å². The summed E-state index contributed by atoms with van der Waals surface area (Å²) in [6, 6.07) is 0. The van der Waals surface area contributed by atoms with Crippen LogP contribution in [-0.2, 0) is 14.3 Å². The van der Waals surface area contributed by atoms with Gasteiger partial charge in [-0.25, -0.2) is 4.79 Å². The average Bonchev–Trinajstić information content (AvgIpc) is 2.36. The molecule has 0 spiro atoms. The fourth-order valence-corrected chi connectivity index (χ4v) is 3.80. The molecule has 0 amide bonds. The fourth-order valence-electron chi connectivity index (χ4n) is 3.80. The van der Waals surface area contributed by atoms with Gasteiger partial charge >= 0.3 is 11.9 Å². The van der Waals surface area contributed by atoms with Gasteiger partial charge in [0.2, 0.25) is 0 Å². The maximum absolute atomic E-state index is 11.7. The van der Waals surface area contributed by atoms with Crippen LogP contribution >= 0.6 is 0 Å². The Morgan fingerprint density at radius 1 is 1.25 bits per heavy atom. The van der Waals surface area contributed by atoms with Crippen LogP contribution in [0, 0.1) is 17.8 Å². The Hall–Kier alpha value is -1.32. The summed E-state index contributed by atoms with van der Waals surface area (Å²) < 4.78 is 5.41. The molecule has 0 radical (unpaired) electrons. The van der Waals surface area contributed by atoms with Crippen LogP contribution in [0.2, 0.25) is 0 Å². The Bertz CT molecular complexity index is 389. The van der Waals surface area contributed by atoms with E-state index in [9.17, 15) is 9.59 Å². The number of hydrogen-bond acceptors (Lipinski definition) is 3. The summed E-state index contributed by atoms with van der Waals surface area (Å²) in [4.78, 5) is 22.7. The van der Waals surface area contributed by atoms with Crippen molar-refractivity contribution in [2.75, 3.05) is 0 Å². The normalized spacial score (nSPS) is 30.4. The molecule has 0 aromatic carbocycles. The fraction of sp³-hybridized carbons (Fsp3) is 0.750. The van der Waals surface area contributed by atoms with Crippen LogP contribution in [0.1, 0.15) is 51.9 Å². The molecule has 4 nitrogen and oxygen atoms in total. The molecule has 2 rings (SSSR count). The molecule has 3 atom stereocenters. The number of aliphatic carboxylic acids is 1. The second-order valence-electron chi connectivity index (χ2n) is 6.45. The molecule has 112 valence electrons. The maximum Gasteiger partial charge on any atom is 0.333 e. The summed E-state index contributed by atoms with van der Waals surface area (Å²) in [5.74, 6) is 0.199. The van der Waals surface area contributed by atoms with Gasteiger partial charge in [-0.15, -0.1) is 0 Å². The summed E-state index contributed by atoms with van der Waals surface area (Å²) in [5.41, 5.74) is 0.330. The lowest BCUT2D eigenvalue weighted by Crippen LogP contribution is -2.37. The highest BCUT2D eigenvalue weighted by molar-refractivity contribution is 5.87. The molecule has 1 N–H and O–H groups in total. The monoisotopic (exact) mass is 280 g/mol. The SMILES string of the molecule is C=C(C)C(=O)OC(CC(=O)O)C1CC2CCCC(C2)C1. The van der Waals surface area contributed by atoms with E-state index in [0.717, 1.165) is 12.8 Å². The molecule has 0 aliphatic heterocycles. The Labute approximate surface area is 120 Å². The van der Waals surface area contributed by atoms with E-state index in [1.165, 1.54) is 25.7 Å². The van der Waals surface area contributed by atoms with Gasteiger partial charge in [-0.1, -0.05) is 25.8 Å². The van der Waals surface area contributed by atoms with Crippen LogP contribution in [0.3, 0.4) is 0 Å². The molecule has 2 bridgehead atoms. The largest absolute Gasteiger partial charge is 0.481 e. The number of carbonyl (C=O) groups is 2. The number of carboxylic acid groups (broad SMARTS) is 1. The van der Waals surface area contributed by atoms with Crippen LogP contribution in [0.5, 0.6) is 0 Å². The molecule has 2 aliphatic carbocycles. The van der Waals surface area contributed by atoms with E-state index in [1.54, 1.807) is 6.92 Å². The first kappa shape index (κ1) is 15.1. The Morgan fingerprint density at radius 2 is 1.85 bits per heavy atom. The molecule has 2 aliphatic rings. The zero-order chi connectivity index (χ0) is 14.7. The minimum atomic E-state index is -0.903. The minimum absolute atomic E-state index is 0.0941. The van der Waals surface area contributed by atoms with Crippen LogP contribution in [-0.4, -0.2) is 23.1 Å². The van der Waals surface area contributed by atoms with Crippen molar-refractivity contribution in [3.63, 3.8) is 0 Å². The number of carboxylic acids is 1. The predicted molar refractivity (Wildman–Crippen MR) is 75.1 cm³/mol. The van der Waals surface area contributed by atoms with Gasteiger partial charge < -0.3 is 9.84 Å². The second-order valence-corrected chi connectivity index (χ2v) is 6.45. The molecular weight excluding hydrogens is 256 g/mol. The summed E-state index contributed by atoms with van der Waals surface area (Å²) >= 11 is 0. The van der Waals surface area contributed by atoms with E-state index in [2.05, 4.69) is 6.58 Å². The quantitative estimate of drug-likeness (QED) is 0.620. The summed E-state index contributed by atoms with van der Waals surface area (Å²) in [6.45, 7) is 5.16. The van der Waals surface area contributed by atoms with E-state index in [4.69, 9.17) is 9.84 Å². The first-order valence-corrected chi connectivity index (χ1v) is 7.54. The molecular formula is C16H24O4. The van der Waals surface area contributed by atoms with E-state index in [1.807, 2.05) is 0 Å². The molecule has 0 aromatic rings. The number of hydrogen-bond donors (Lipinski definition) is 1. The molecule has 4 heteroatoms. The molecule has 0 aromatic heterocycles. The number of carbonyl (C=O) groups excluding carboxylic acids is 1. The van der Waals surface area contributed by atoms with E-state index < -0.39 is 18.0 Å². The van der Waals surface area contributed by atoms with Crippen molar-refractivity contribution in [3.05, 3.63) is 12.2 Å². The number of ether oxygens (including phenoxy) is 1. The van der Waals surface area contributed by atoms with E-state index in [0.29, 0.717) is 17.4 Å². The van der Waals surface area contributed by atoms with Crippen molar-refractivity contribution >= 4 is 11.9 Å². The van der Waals surface area contributed by atoms with E-state index in [-0.39, 0.29) is 12.3 Å². The minimum Gasteiger partial charge on any atom is -0.481 e. The van der Waals surface area contributed by atoms with Gasteiger partial charge in [0.1, 0.15) is 6.10 Å². The van der Waals surface area contributed by atoms with Crippen molar-refractivity contribution in [2.24, 2.45) is 17.8 Å².